The predicted octanol–water partition coefficient (Wildman–Crippen LogP) is 4.75. The molecule has 1 aromatic heterocycles. The summed E-state index contributed by atoms with van der Waals surface area (Å²) in [4.78, 5) is 29.1. The number of aromatic nitrogens is 1. The van der Waals surface area contributed by atoms with Gasteiger partial charge < -0.3 is 5.32 Å². The van der Waals surface area contributed by atoms with Crippen molar-refractivity contribution in [3.05, 3.63) is 75.5 Å². The Morgan fingerprint density at radius 3 is 2.58 bits per heavy atom. The lowest BCUT2D eigenvalue weighted by molar-refractivity contribution is 0.101. The predicted molar refractivity (Wildman–Crippen MR) is 101 cm³/mol. The molecule has 0 saturated carbocycles. The van der Waals surface area contributed by atoms with Crippen LogP contribution in [0.25, 0.3) is 0 Å². The molecule has 2 aromatic carbocycles. The number of hydrogen-bond acceptors (Lipinski definition) is 4. The van der Waals surface area contributed by atoms with E-state index in [4.69, 9.17) is 11.6 Å². The average Bonchev–Trinajstić information content (AvgIpc) is 2.95. The van der Waals surface area contributed by atoms with Crippen LogP contribution in [-0.4, -0.2) is 16.8 Å². The molecule has 2 amide bonds. The number of thiazole rings is 1. The lowest BCUT2D eigenvalue weighted by atomic mass is 10.2. The van der Waals surface area contributed by atoms with Gasteiger partial charge in [-0.2, -0.15) is 0 Å². The molecule has 132 valence electrons. The summed E-state index contributed by atoms with van der Waals surface area (Å²) in [7, 11) is 0. The number of rotatable bonds is 4. The van der Waals surface area contributed by atoms with E-state index in [9.17, 15) is 14.0 Å². The Bertz CT molecular complexity index is 990. The number of benzene rings is 2. The van der Waals surface area contributed by atoms with Gasteiger partial charge in [0.05, 0.1) is 11.3 Å². The molecule has 0 saturated heterocycles. The molecule has 3 aromatic rings. The molecule has 26 heavy (non-hydrogen) atoms. The van der Waals surface area contributed by atoms with Crippen molar-refractivity contribution in [1.82, 2.24) is 4.98 Å². The maximum Gasteiger partial charge on any atom is 0.267 e. The van der Waals surface area contributed by atoms with Crippen LogP contribution in [0.4, 0.5) is 15.2 Å². The zero-order valence-corrected chi connectivity index (χ0v) is 15.1. The molecule has 1 heterocycles. The Balaban J connectivity index is 1.75. The molecule has 0 atom stereocenters. The van der Waals surface area contributed by atoms with Crippen molar-refractivity contribution in [3.63, 3.8) is 0 Å². The zero-order valence-electron chi connectivity index (χ0n) is 13.5. The first-order chi connectivity index (χ1) is 12.4. The fourth-order valence-electron chi connectivity index (χ4n) is 2.22. The number of nitrogens with zero attached hydrogens (tertiary/aromatic N) is 1. The minimum atomic E-state index is -0.628. The van der Waals surface area contributed by atoms with E-state index in [-0.39, 0.29) is 16.6 Å². The maximum absolute atomic E-state index is 13.7. The van der Waals surface area contributed by atoms with Gasteiger partial charge in [-0.1, -0.05) is 41.1 Å². The summed E-state index contributed by atoms with van der Waals surface area (Å²) in [5.41, 5.74) is 0.913. The van der Waals surface area contributed by atoms with Gasteiger partial charge in [0, 0.05) is 10.7 Å². The summed E-state index contributed by atoms with van der Waals surface area (Å²) in [6.07, 6.45) is 0. The number of halogens is 2. The standard InChI is InChI=1S/C18H13ClFN3O2S/c1-10-15(17(25)22-12-6-4-5-11(19)9-12)26-18(21-10)23-16(24)13-7-2-3-8-14(13)20/h2-9H,1H3,(H,22,25)(H,21,23,24). The second-order valence-electron chi connectivity index (χ2n) is 5.33. The topological polar surface area (TPSA) is 71.1 Å². The molecule has 0 bridgehead atoms. The van der Waals surface area contributed by atoms with Crippen LogP contribution >= 0.6 is 22.9 Å². The van der Waals surface area contributed by atoms with Crippen LogP contribution in [0.5, 0.6) is 0 Å². The van der Waals surface area contributed by atoms with E-state index in [1.54, 1.807) is 37.3 Å². The van der Waals surface area contributed by atoms with Crippen LogP contribution < -0.4 is 10.6 Å². The SMILES string of the molecule is Cc1nc(NC(=O)c2ccccc2F)sc1C(=O)Nc1cccc(Cl)c1. The first-order valence-electron chi connectivity index (χ1n) is 7.54. The van der Waals surface area contributed by atoms with Gasteiger partial charge in [0.25, 0.3) is 11.8 Å². The lowest BCUT2D eigenvalue weighted by Gasteiger charge is -2.04. The van der Waals surface area contributed by atoms with Gasteiger partial charge in [-0.15, -0.1) is 0 Å². The summed E-state index contributed by atoms with van der Waals surface area (Å²) < 4.78 is 13.7. The van der Waals surface area contributed by atoms with Crippen molar-refractivity contribution in [1.29, 1.82) is 0 Å². The van der Waals surface area contributed by atoms with Gasteiger partial charge in [-0.25, -0.2) is 9.37 Å². The van der Waals surface area contributed by atoms with Crippen LogP contribution in [-0.2, 0) is 0 Å². The molecular weight excluding hydrogens is 377 g/mol. The van der Waals surface area contributed by atoms with Crippen molar-refractivity contribution >= 4 is 45.6 Å². The number of nitrogens with one attached hydrogen (secondary N) is 2. The molecule has 0 spiro atoms. The first kappa shape index (κ1) is 18.0. The van der Waals surface area contributed by atoms with Crippen LogP contribution in [0.1, 0.15) is 25.7 Å². The van der Waals surface area contributed by atoms with Crippen molar-refractivity contribution in [2.24, 2.45) is 0 Å². The smallest absolute Gasteiger partial charge is 0.267 e. The monoisotopic (exact) mass is 389 g/mol. The fourth-order valence-corrected chi connectivity index (χ4v) is 3.27. The third kappa shape index (κ3) is 4.07. The molecule has 5 nitrogen and oxygen atoms in total. The van der Waals surface area contributed by atoms with Crippen LogP contribution in [0, 0.1) is 12.7 Å². The van der Waals surface area contributed by atoms with E-state index in [0.717, 1.165) is 11.3 Å². The molecule has 8 heteroatoms. The van der Waals surface area contributed by atoms with Crippen LogP contribution in [0.3, 0.4) is 0 Å². The Hall–Kier alpha value is -2.77. The number of aryl methyl sites for hydroxylation is 1. The third-order valence-corrected chi connectivity index (χ3v) is 4.73. The van der Waals surface area contributed by atoms with Crippen LogP contribution in [0.15, 0.2) is 48.5 Å². The highest BCUT2D eigenvalue weighted by Gasteiger charge is 2.18. The minimum Gasteiger partial charge on any atom is -0.321 e. The molecule has 2 N–H and O–H groups in total. The van der Waals surface area contributed by atoms with Crippen LogP contribution in [0.2, 0.25) is 5.02 Å². The zero-order chi connectivity index (χ0) is 18.7. The Morgan fingerprint density at radius 2 is 1.85 bits per heavy atom. The van der Waals surface area contributed by atoms with E-state index < -0.39 is 11.7 Å². The average molecular weight is 390 g/mol. The van der Waals surface area contributed by atoms with E-state index in [2.05, 4.69) is 15.6 Å². The summed E-state index contributed by atoms with van der Waals surface area (Å²) in [5.74, 6) is -1.62. The summed E-state index contributed by atoms with van der Waals surface area (Å²) in [6, 6.07) is 12.4. The largest absolute Gasteiger partial charge is 0.321 e. The number of carbonyl (C=O) groups excluding carboxylic acids is 2. The van der Waals surface area contributed by atoms with Crippen molar-refractivity contribution in [3.8, 4) is 0 Å². The van der Waals surface area contributed by atoms with Gasteiger partial charge in [0.15, 0.2) is 5.13 Å². The molecule has 0 aliphatic heterocycles. The third-order valence-electron chi connectivity index (χ3n) is 3.42. The Labute approximate surface area is 157 Å². The Kier molecular flexibility index (Phi) is 5.29. The van der Waals surface area contributed by atoms with Gasteiger partial charge in [0.2, 0.25) is 0 Å². The summed E-state index contributed by atoms with van der Waals surface area (Å²) >= 11 is 6.91. The number of hydrogen-bond donors (Lipinski definition) is 2. The van der Waals surface area contributed by atoms with Gasteiger partial charge >= 0.3 is 0 Å². The summed E-state index contributed by atoms with van der Waals surface area (Å²) in [6.45, 7) is 1.65. The van der Waals surface area contributed by atoms with Crippen molar-refractivity contribution in [2.75, 3.05) is 10.6 Å². The van der Waals surface area contributed by atoms with E-state index in [1.807, 2.05) is 0 Å². The maximum atomic E-state index is 13.7. The first-order valence-corrected chi connectivity index (χ1v) is 8.73. The van der Waals surface area contributed by atoms with E-state index in [0.29, 0.717) is 21.3 Å². The van der Waals surface area contributed by atoms with Gasteiger partial charge in [-0.05, 0) is 37.3 Å². The Morgan fingerprint density at radius 1 is 1.08 bits per heavy atom. The highest BCUT2D eigenvalue weighted by atomic mass is 35.5. The van der Waals surface area contributed by atoms with Gasteiger partial charge in [-0.3, -0.25) is 14.9 Å². The van der Waals surface area contributed by atoms with Crippen molar-refractivity contribution < 1.29 is 14.0 Å². The normalized spacial score (nSPS) is 10.4. The highest BCUT2D eigenvalue weighted by molar-refractivity contribution is 7.17. The van der Waals surface area contributed by atoms with Crippen molar-refractivity contribution in [2.45, 2.75) is 6.92 Å². The quantitative estimate of drug-likeness (QED) is 0.676. The molecule has 0 unspecified atom stereocenters. The highest BCUT2D eigenvalue weighted by Crippen LogP contribution is 2.25. The molecule has 0 aliphatic rings. The second-order valence-corrected chi connectivity index (χ2v) is 6.77. The van der Waals surface area contributed by atoms with E-state index >= 15 is 0 Å². The molecule has 3 rings (SSSR count). The van der Waals surface area contributed by atoms with E-state index in [1.165, 1.54) is 18.2 Å². The van der Waals surface area contributed by atoms with Gasteiger partial charge in [0.1, 0.15) is 10.7 Å². The second kappa shape index (κ2) is 7.63. The minimum absolute atomic E-state index is 0.0923. The molecule has 0 radical (unpaired) electrons. The molecule has 0 aliphatic carbocycles. The number of anilines is 2. The summed E-state index contributed by atoms with van der Waals surface area (Å²) in [5, 5.41) is 5.95. The molecular formula is C18H13ClFN3O2S. The number of amides is 2. The number of carbonyl (C=O) groups is 2. The lowest BCUT2D eigenvalue weighted by Crippen LogP contribution is -2.13. The fraction of sp³-hybridized carbons (Fsp3) is 0.0556. The molecule has 0 fully saturated rings.